The fraction of sp³-hybridized carbons (Fsp3) is 0.0455. The largest absolute Gasteiger partial charge is 0.486 e. The number of carbonyl (C=O) groups excluding carboxylic acids is 1. The molecular weight excluding hydrogens is 394 g/mol. The lowest BCUT2D eigenvalue weighted by Gasteiger charge is -2.11. The molecule has 0 aliphatic carbocycles. The van der Waals surface area contributed by atoms with E-state index in [0.717, 1.165) is 16.9 Å². The van der Waals surface area contributed by atoms with E-state index in [0.29, 0.717) is 22.8 Å². The molecule has 3 aromatic heterocycles. The molecule has 0 spiro atoms. The van der Waals surface area contributed by atoms with Crippen molar-refractivity contribution in [2.75, 3.05) is 5.32 Å². The number of pyridine rings is 1. The van der Waals surface area contributed by atoms with Gasteiger partial charge in [0.2, 0.25) is 5.82 Å². The Morgan fingerprint density at radius 2 is 1.87 bits per heavy atom. The van der Waals surface area contributed by atoms with Crippen molar-refractivity contribution in [3.8, 4) is 17.1 Å². The number of amides is 1. The van der Waals surface area contributed by atoms with E-state index in [4.69, 9.17) is 4.74 Å². The van der Waals surface area contributed by atoms with E-state index in [2.05, 4.69) is 30.9 Å². The number of nitrogens with one attached hydrogen (secondary N) is 2. The van der Waals surface area contributed by atoms with Crippen LogP contribution in [0.25, 0.3) is 17.0 Å². The van der Waals surface area contributed by atoms with Crippen molar-refractivity contribution < 1.29 is 9.53 Å². The topological polar surface area (TPSA) is 110 Å². The predicted octanol–water partition coefficient (Wildman–Crippen LogP) is 3.35. The summed E-state index contributed by atoms with van der Waals surface area (Å²) in [5.41, 5.74) is 3.50. The molecule has 0 aliphatic heterocycles. The number of para-hydroxylation sites is 1. The smallest absolute Gasteiger partial charge is 0.259 e. The Labute approximate surface area is 176 Å². The summed E-state index contributed by atoms with van der Waals surface area (Å²) in [5.74, 6) is 0.710. The number of tetrazole rings is 1. The van der Waals surface area contributed by atoms with Crippen LogP contribution in [0.2, 0.25) is 0 Å². The van der Waals surface area contributed by atoms with Gasteiger partial charge in [-0.2, -0.15) is 5.21 Å². The van der Waals surface area contributed by atoms with E-state index < -0.39 is 0 Å². The first-order valence-corrected chi connectivity index (χ1v) is 9.56. The van der Waals surface area contributed by atoms with Crippen molar-refractivity contribution >= 4 is 17.2 Å². The Hall–Kier alpha value is -4.53. The fourth-order valence-corrected chi connectivity index (χ4v) is 3.17. The van der Waals surface area contributed by atoms with Gasteiger partial charge in [-0.3, -0.25) is 4.79 Å². The summed E-state index contributed by atoms with van der Waals surface area (Å²) in [4.78, 5) is 17.4. The number of fused-ring (bicyclic) bond motifs is 1. The van der Waals surface area contributed by atoms with Gasteiger partial charge in [-0.25, -0.2) is 4.98 Å². The number of benzene rings is 2. The molecule has 2 N–H and O–H groups in total. The summed E-state index contributed by atoms with van der Waals surface area (Å²) in [7, 11) is 0. The third kappa shape index (κ3) is 3.97. The standard InChI is InChI=1S/C22H17N7O2/c30-22(24-16-10-8-15(9-11-16)21-25-27-28-26-21)18-5-1-2-6-19(18)31-14-17-13-29-12-4-3-7-20(29)23-17/h1-13H,14H2,(H,24,30)(H,25,26,27,28). The quantitative estimate of drug-likeness (QED) is 0.443. The highest BCUT2D eigenvalue weighted by atomic mass is 16.5. The average molecular weight is 411 g/mol. The van der Waals surface area contributed by atoms with Crippen LogP contribution < -0.4 is 10.1 Å². The van der Waals surface area contributed by atoms with Crippen molar-refractivity contribution in [3.05, 3.63) is 90.4 Å². The van der Waals surface area contributed by atoms with E-state index in [9.17, 15) is 4.79 Å². The molecule has 9 nitrogen and oxygen atoms in total. The number of rotatable bonds is 6. The first-order valence-electron chi connectivity index (χ1n) is 9.56. The number of aromatic amines is 1. The number of imidazole rings is 1. The number of hydrogen-bond acceptors (Lipinski definition) is 6. The van der Waals surface area contributed by atoms with Gasteiger partial charge < -0.3 is 14.5 Å². The molecule has 9 heteroatoms. The number of hydrogen-bond donors (Lipinski definition) is 2. The zero-order valence-corrected chi connectivity index (χ0v) is 16.3. The second-order valence-corrected chi connectivity index (χ2v) is 6.75. The molecule has 0 aliphatic rings. The third-order valence-corrected chi connectivity index (χ3v) is 4.67. The molecule has 0 unspecified atom stereocenters. The van der Waals surface area contributed by atoms with Gasteiger partial charge in [0, 0.05) is 23.6 Å². The maximum absolute atomic E-state index is 12.9. The lowest BCUT2D eigenvalue weighted by Crippen LogP contribution is -2.13. The van der Waals surface area contributed by atoms with Crippen molar-refractivity contribution in [2.24, 2.45) is 0 Å². The number of ether oxygens (including phenoxy) is 1. The number of nitrogens with zero attached hydrogens (tertiary/aromatic N) is 5. The van der Waals surface area contributed by atoms with Crippen LogP contribution in [-0.2, 0) is 6.61 Å². The molecule has 31 heavy (non-hydrogen) atoms. The lowest BCUT2D eigenvalue weighted by molar-refractivity contribution is 0.102. The third-order valence-electron chi connectivity index (χ3n) is 4.67. The zero-order chi connectivity index (χ0) is 21.0. The molecular formula is C22H17N7O2. The highest BCUT2D eigenvalue weighted by Gasteiger charge is 2.13. The monoisotopic (exact) mass is 411 g/mol. The molecule has 0 atom stereocenters. The second-order valence-electron chi connectivity index (χ2n) is 6.75. The maximum Gasteiger partial charge on any atom is 0.259 e. The molecule has 0 bridgehead atoms. The van der Waals surface area contributed by atoms with Crippen LogP contribution in [0.1, 0.15) is 16.1 Å². The summed E-state index contributed by atoms with van der Waals surface area (Å²) in [6, 6.07) is 20.1. The molecule has 5 rings (SSSR count). The van der Waals surface area contributed by atoms with Crippen LogP contribution in [0.4, 0.5) is 5.69 Å². The summed E-state index contributed by atoms with van der Waals surface area (Å²) in [5, 5.41) is 16.7. The molecule has 2 aromatic carbocycles. The van der Waals surface area contributed by atoms with Gasteiger partial charge in [0.25, 0.3) is 5.91 Å². The zero-order valence-electron chi connectivity index (χ0n) is 16.3. The second kappa shape index (κ2) is 8.07. The molecule has 0 saturated heterocycles. The van der Waals surface area contributed by atoms with Crippen LogP contribution >= 0.6 is 0 Å². The summed E-state index contributed by atoms with van der Waals surface area (Å²) >= 11 is 0. The van der Waals surface area contributed by atoms with Crippen LogP contribution in [-0.4, -0.2) is 35.9 Å². The Kier molecular flexibility index (Phi) is 4.82. The van der Waals surface area contributed by atoms with E-state index in [1.165, 1.54) is 0 Å². The summed E-state index contributed by atoms with van der Waals surface area (Å²) < 4.78 is 7.84. The Morgan fingerprint density at radius 1 is 1.03 bits per heavy atom. The van der Waals surface area contributed by atoms with E-state index >= 15 is 0 Å². The number of anilines is 1. The highest BCUT2D eigenvalue weighted by Crippen LogP contribution is 2.22. The van der Waals surface area contributed by atoms with Crippen molar-refractivity contribution in [1.82, 2.24) is 30.0 Å². The van der Waals surface area contributed by atoms with Gasteiger partial charge in [0.15, 0.2) is 0 Å². The van der Waals surface area contributed by atoms with Crippen molar-refractivity contribution in [2.45, 2.75) is 6.61 Å². The maximum atomic E-state index is 12.9. The number of aromatic nitrogens is 6. The van der Waals surface area contributed by atoms with E-state index in [1.807, 2.05) is 53.2 Å². The summed E-state index contributed by atoms with van der Waals surface area (Å²) in [6.45, 7) is 0.255. The number of H-pyrrole nitrogens is 1. The van der Waals surface area contributed by atoms with Gasteiger partial charge in [0.1, 0.15) is 18.0 Å². The van der Waals surface area contributed by atoms with Gasteiger partial charge in [-0.1, -0.05) is 18.2 Å². The number of carbonyl (C=O) groups is 1. The van der Waals surface area contributed by atoms with E-state index in [1.54, 1.807) is 30.3 Å². The van der Waals surface area contributed by atoms with Gasteiger partial charge in [-0.15, -0.1) is 10.2 Å². The molecule has 0 saturated carbocycles. The van der Waals surface area contributed by atoms with Crippen molar-refractivity contribution in [3.63, 3.8) is 0 Å². The first-order chi connectivity index (χ1) is 15.3. The lowest BCUT2D eigenvalue weighted by atomic mass is 10.1. The Morgan fingerprint density at radius 3 is 2.68 bits per heavy atom. The average Bonchev–Trinajstić information content (AvgIpc) is 3.48. The van der Waals surface area contributed by atoms with Crippen LogP contribution in [0, 0.1) is 0 Å². The molecule has 152 valence electrons. The molecule has 3 heterocycles. The van der Waals surface area contributed by atoms with Crippen LogP contribution in [0.3, 0.4) is 0 Å². The predicted molar refractivity (Wildman–Crippen MR) is 114 cm³/mol. The molecule has 0 fully saturated rings. The Bertz CT molecular complexity index is 1290. The van der Waals surface area contributed by atoms with Crippen LogP contribution in [0.15, 0.2) is 79.1 Å². The highest BCUT2D eigenvalue weighted by molar-refractivity contribution is 6.06. The Balaban J connectivity index is 1.29. The SMILES string of the molecule is O=C(Nc1ccc(-c2nn[nH]n2)cc1)c1ccccc1OCc1cn2ccccc2n1. The minimum absolute atomic E-state index is 0.255. The van der Waals surface area contributed by atoms with Gasteiger partial charge in [-0.05, 0) is 53.7 Å². The molecule has 0 radical (unpaired) electrons. The minimum atomic E-state index is -0.266. The molecule has 5 aromatic rings. The van der Waals surface area contributed by atoms with Crippen molar-refractivity contribution in [1.29, 1.82) is 0 Å². The molecule has 1 amide bonds. The minimum Gasteiger partial charge on any atom is -0.486 e. The van der Waals surface area contributed by atoms with Gasteiger partial charge >= 0.3 is 0 Å². The fourth-order valence-electron chi connectivity index (χ4n) is 3.17. The van der Waals surface area contributed by atoms with Crippen LogP contribution in [0.5, 0.6) is 5.75 Å². The first kappa shape index (κ1) is 18.5. The summed E-state index contributed by atoms with van der Waals surface area (Å²) in [6.07, 6.45) is 3.83. The van der Waals surface area contributed by atoms with Gasteiger partial charge in [0.05, 0.1) is 11.3 Å². The van der Waals surface area contributed by atoms with E-state index in [-0.39, 0.29) is 12.5 Å². The normalized spacial score (nSPS) is 10.8.